The first-order chi connectivity index (χ1) is 12.8. The second kappa shape index (κ2) is 8.79. The standard InChI is InChI=1S/C19H22N2O5S/c1-14(15-7-5-4-6-8-15)21(3)18(22)13-26-19(23)16-9-11-17(12-10-16)27(24,25)20-2/h4-12,14,20H,13H2,1-3H3. The molecule has 0 aliphatic heterocycles. The molecule has 2 rings (SSSR count). The number of nitrogens with zero attached hydrogens (tertiary/aromatic N) is 1. The maximum Gasteiger partial charge on any atom is 0.338 e. The van der Waals surface area contributed by atoms with Crippen LogP contribution >= 0.6 is 0 Å². The molecule has 0 aromatic heterocycles. The summed E-state index contributed by atoms with van der Waals surface area (Å²) in [4.78, 5) is 25.9. The van der Waals surface area contributed by atoms with Crippen LogP contribution in [0.15, 0.2) is 59.5 Å². The number of ether oxygens (including phenoxy) is 1. The number of likely N-dealkylation sites (N-methyl/N-ethyl adjacent to an activating group) is 1. The summed E-state index contributed by atoms with van der Waals surface area (Å²) in [6.07, 6.45) is 0. The number of sulfonamides is 1. The Labute approximate surface area is 159 Å². The molecule has 1 unspecified atom stereocenters. The molecule has 0 bridgehead atoms. The number of hydrogen-bond donors (Lipinski definition) is 1. The summed E-state index contributed by atoms with van der Waals surface area (Å²) in [6, 6.07) is 14.6. The van der Waals surface area contributed by atoms with Crippen molar-refractivity contribution >= 4 is 21.9 Å². The van der Waals surface area contributed by atoms with Crippen LogP contribution in [0.1, 0.15) is 28.9 Å². The largest absolute Gasteiger partial charge is 0.452 e. The molecule has 1 N–H and O–H groups in total. The Morgan fingerprint density at radius 2 is 1.67 bits per heavy atom. The predicted molar refractivity (Wildman–Crippen MR) is 101 cm³/mol. The number of amides is 1. The van der Waals surface area contributed by atoms with E-state index in [0.717, 1.165) is 5.56 Å². The Hall–Kier alpha value is -2.71. The minimum absolute atomic E-state index is 0.0362. The van der Waals surface area contributed by atoms with Gasteiger partial charge in [-0.2, -0.15) is 0 Å². The number of nitrogens with one attached hydrogen (secondary N) is 1. The fraction of sp³-hybridized carbons (Fsp3) is 0.263. The summed E-state index contributed by atoms with van der Waals surface area (Å²) in [5.41, 5.74) is 1.14. The van der Waals surface area contributed by atoms with Crippen LogP contribution in [0.4, 0.5) is 0 Å². The number of carbonyl (C=O) groups is 2. The first-order valence-corrected chi connectivity index (χ1v) is 9.76. The lowest BCUT2D eigenvalue weighted by atomic mass is 10.1. The molecule has 2 aromatic carbocycles. The lowest BCUT2D eigenvalue weighted by molar-refractivity contribution is -0.135. The molecule has 8 heteroatoms. The minimum atomic E-state index is -3.58. The molecule has 0 radical (unpaired) electrons. The number of carbonyl (C=O) groups excluding carboxylic acids is 2. The van der Waals surface area contributed by atoms with Crippen molar-refractivity contribution in [3.8, 4) is 0 Å². The maximum atomic E-state index is 12.3. The highest BCUT2D eigenvalue weighted by molar-refractivity contribution is 7.89. The van der Waals surface area contributed by atoms with Crippen molar-refractivity contribution in [2.24, 2.45) is 0 Å². The molecule has 0 heterocycles. The zero-order chi connectivity index (χ0) is 20.0. The third kappa shape index (κ3) is 5.15. The van der Waals surface area contributed by atoms with Crippen LogP contribution in [0.25, 0.3) is 0 Å². The summed E-state index contributed by atoms with van der Waals surface area (Å²) >= 11 is 0. The molecule has 7 nitrogen and oxygen atoms in total. The Balaban J connectivity index is 1.95. The van der Waals surface area contributed by atoms with Gasteiger partial charge in [-0.25, -0.2) is 17.9 Å². The summed E-state index contributed by atoms with van der Waals surface area (Å²) in [6.45, 7) is 1.49. The van der Waals surface area contributed by atoms with E-state index in [1.807, 2.05) is 37.3 Å². The molecule has 0 saturated heterocycles. The molecule has 2 aromatic rings. The van der Waals surface area contributed by atoms with Crippen LogP contribution in [0, 0.1) is 0 Å². The van der Waals surface area contributed by atoms with Gasteiger partial charge in [-0.05, 0) is 43.8 Å². The topological polar surface area (TPSA) is 92.8 Å². The zero-order valence-corrected chi connectivity index (χ0v) is 16.2. The van der Waals surface area contributed by atoms with Gasteiger partial charge in [-0.15, -0.1) is 0 Å². The average Bonchev–Trinajstić information content (AvgIpc) is 2.71. The van der Waals surface area contributed by atoms with Crippen molar-refractivity contribution in [3.63, 3.8) is 0 Å². The second-order valence-corrected chi connectivity index (χ2v) is 7.79. The van der Waals surface area contributed by atoms with Crippen LogP contribution in [0.3, 0.4) is 0 Å². The van der Waals surface area contributed by atoms with Gasteiger partial charge in [0, 0.05) is 7.05 Å². The Kier molecular flexibility index (Phi) is 6.70. The van der Waals surface area contributed by atoms with E-state index in [2.05, 4.69) is 4.72 Å². The van der Waals surface area contributed by atoms with Gasteiger partial charge in [0.15, 0.2) is 6.61 Å². The number of hydrogen-bond acceptors (Lipinski definition) is 5. The van der Waals surface area contributed by atoms with Crippen LogP contribution in [-0.4, -0.2) is 45.9 Å². The third-order valence-corrected chi connectivity index (χ3v) is 5.68. The SMILES string of the molecule is CNS(=O)(=O)c1ccc(C(=O)OCC(=O)N(C)C(C)c2ccccc2)cc1. The minimum Gasteiger partial charge on any atom is -0.452 e. The maximum absolute atomic E-state index is 12.3. The summed E-state index contributed by atoms with van der Waals surface area (Å²) in [7, 11) is -0.631. The Morgan fingerprint density at radius 1 is 1.07 bits per heavy atom. The van der Waals surface area contributed by atoms with Crippen molar-refractivity contribution < 1.29 is 22.7 Å². The fourth-order valence-corrected chi connectivity index (χ4v) is 3.10. The molecule has 0 aliphatic carbocycles. The summed E-state index contributed by atoms with van der Waals surface area (Å²) < 4.78 is 30.6. The van der Waals surface area contributed by atoms with Crippen molar-refractivity contribution in [1.29, 1.82) is 0 Å². The highest BCUT2D eigenvalue weighted by Crippen LogP contribution is 2.18. The van der Waals surface area contributed by atoms with Crippen LogP contribution in [-0.2, 0) is 19.6 Å². The highest BCUT2D eigenvalue weighted by Gasteiger charge is 2.19. The van der Waals surface area contributed by atoms with Gasteiger partial charge < -0.3 is 9.64 Å². The van der Waals surface area contributed by atoms with Gasteiger partial charge in [0.25, 0.3) is 5.91 Å². The lowest BCUT2D eigenvalue weighted by Crippen LogP contribution is -2.33. The average molecular weight is 390 g/mol. The van der Waals surface area contributed by atoms with Crippen LogP contribution < -0.4 is 4.72 Å². The number of rotatable bonds is 7. The Morgan fingerprint density at radius 3 is 2.22 bits per heavy atom. The summed E-state index contributed by atoms with van der Waals surface area (Å²) in [5, 5.41) is 0. The molecule has 0 fully saturated rings. The number of benzene rings is 2. The van der Waals surface area contributed by atoms with Gasteiger partial charge >= 0.3 is 5.97 Å². The first kappa shape index (κ1) is 20.6. The van der Waals surface area contributed by atoms with E-state index in [4.69, 9.17) is 4.74 Å². The van der Waals surface area contributed by atoms with Crippen LogP contribution in [0.5, 0.6) is 0 Å². The predicted octanol–water partition coefficient (Wildman–Crippen LogP) is 1.97. The third-order valence-electron chi connectivity index (χ3n) is 4.25. The zero-order valence-electron chi connectivity index (χ0n) is 15.4. The lowest BCUT2D eigenvalue weighted by Gasteiger charge is -2.25. The van der Waals surface area contributed by atoms with Gasteiger partial charge in [0.1, 0.15) is 0 Å². The molecule has 1 atom stereocenters. The molecule has 27 heavy (non-hydrogen) atoms. The smallest absolute Gasteiger partial charge is 0.338 e. The fourth-order valence-electron chi connectivity index (χ4n) is 2.37. The van der Waals surface area contributed by atoms with Crippen molar-refractivity contribution in [1.82, 2.24) is 9.62 Å². The number of esters is 1. The van der Waals surface area contributed by atoms with Gasteiger partial charge in [0.05, 0.1) is 16.5 Å². The molecular formula is C19H22N2O5S. The van der Waals surface area contributed by atoms with Gasteiger partial charge in [0.2, 0.25) is 10.0 Å². The summed E-state index contributed by atoms with van der Waals surface area (Å²) in [5.74, 6) is -1.04. The van der Waals surface area contributed by atoms with Crippen molar-refractivity contribution in [2.45, 2.75) is 17.9 Å². The second-order valence-electron chi connectivity index (χ2n) is 5.90. The van der Waals surface area contributed by atoms with Crippen molar-refractivity contribution in [3.05, 3.63) is 65.7 Å². The molecular weight excluding hydrogens is 368 g/mol. The molecule has 144 valence electrons. The van der Waals surface area contributed by atoms with E-state index in [-0.39, 0.29) is 22.4 Å². The Bertz CT molecular complexity index is 895. The van der Waals surface area contributed by atoms with Crippen LogP contribution in [0.2, 0.25) is 0 Å². The van der Waals surface area contributed by atoms with E-state index in [0.29, 0.717) is 0 Å². The van der Waals surface area contributed by atoms with Gasteiger partial charge in [-0.1, -0.05) is 30.3 Å². The molecule has 0 spiro atoms. The van der Waals surface area contributed by atoms with E-state index < -0.39 is 22.6 Å². The van der Waals surface area contributed by atoms with Crippen molar-refractivity contribution in [2.75, 3.05) is 20.7 Å². The monoisotopic (exact) mass is 390 g/mol. The molecule has 0 saturated carbocycles. The van der Waals surface area contributed by atoms with Gasteiger partial charge in [-0.3, -0.25) is 4.79 Å². The quantitative estimate of drug-likeness (QED) is 0.730. The molecule has 0 aliphatic rings. The normalized spacial score (nSPS) is 12.3. The van der Waals surface area contributed by atoms with E-state index in [1.165, 1.54) is 36.2 Å². The highest BCUT2D eigenvalue weighted by atomic mass is 32.2. The van der Waals surface area contributed by atoms with E-state index in [1.54, 1.807) is 7.05 Å². The molecule has 1 amide bonds. The van der Waals surface area contributed by atoms with E-state index in [9.17, 15) is 18.0 Å². The first-order valence-electron chi connectivity index (χ1n) is 8.27. The van der Waals surface area contributed by atoms with E-state index >= 15 is 0 Å².